The smallest absolute Gasteiger partial charge is 0.255 e. The number of para-hydroxylation sites is 1. The van der Waals surface area contributed by atoms with Gasteiger partial charge in [0.2, 0.25) is 0 Å². The summed E-state index contributed by atoms with van der Waals surface area (Å²) < 4.78 is 0. The Kier molecular flexibility index (Phi) is 2.96. The second-order valence-electron chi connectivity index (χ2n) is 4.71. The number of phenols is 2. The van der Waals surface area contributed by atoms with Crippen molar-refractivity contribution in [3.8, 4) is 11.5 Å². The lowest BCUT2D eigenvalue weighted by atomic mass is 10.0. The average molecular weight is 235 g/mol. The maximum absolute atomic E-state index is 11.8. The van der Waals surface area contributed by atoms with Crippen LogP contribution >= 0.6 is 0 Å². The van der Waals surface area contributed by atoms with E-state index < -0.39 is 0 Å². The van der Waals surface area contributed by atoms with Gasteiger partial charge in [-0.05, 0) is 36.8 Å². The number of aromatic hydroxyl groups is 2. The molecule has 1 aliphatic carbocycles. The van der Waals surface area contributed by atoms with Gasteiger partial charge in [-0.25, -0.2) is 0 Å². The van der Waals surface area contributed by atoms with E-state index in [0.717, 1.165) is 19.3 Å². The lowest BCUT2D eigenvalue weighted by molar-refractivity contribution is 0.0941. The molecule has 1 aliphatic rings. The molecule has 0 bridgehead atoms. The number of hydrogen-bond acceptors (Lipinski definition) is 3. The van der Waals surface area contributed by atoms with Gasteiger partial charge in [-0.3, -0.25) is 4.79 Å². The van der Waals surface area contributed by atoms with Gasteiger partial charge in [0.1, 0.15) is 0 Å². The van der Waals surface area contributed by atoms with Crippen LogP contribution in [-0.2, 0) is 0 Å². The molecule has 0 heterocycles. The Morgan fingerprint density at radius 1 is 1.41 bits per heavy atom. The van der Waals surface area contributed by atoms with Crippen LogP contribution in [0.25, 0.3) is 0 Å². The predicted octanol–water partition coefficient (Wildman–Crippen LogP) is 2.02. The van der Waals surface area contributed by atoms with Gasteiger partial charge in [0.25, 0.3) is 5.91 Å². The summed E-state index contributed by atoms with van der Waals surface area (Å²) in [5.74, 6) is -0.959. The zero-order valence-corrected chi connectivity index (χ0v) is 9.86. The molecule has 0 unspecified atom stereocenters. The number of amides is 1. The SMILES string of the molecule is CCC1(CNC(=O)c2cccc(O)c2O)CC1. The summed E-state index contributed by atoms with van der Waals surface area (Å²) in [7, 11) is 0. The Hall–Kier alpha value is -1.71. The lowest BCUT2D eigenvalue weighted by Gasteiger charge is -2.14. The van der Waals surface area contributed by atoms with Gasteiger partial charge in [0.15, 0.2) is 11.5 Å². The van der Waals surface area contributed by atoms with Gasteiger partial charge in [0.05, 0.1) is 5.56 Å². The molecule has 1 aromatic carbocycles. The number of benzene rings is 1. The summed E-state index contributed by atoms with van der Waals surface area (Å²) in [5.41, 5.74) is 0.388. The second kappa shape index (κ2) is 4.28. The fraction of sp³-hybridized carbons (Fsp3) is 0.462. The molecule has 1 amide bonds. The summed E-state index contributed by atoms with van der Waals surface area (Å²) in [6.07, 6.45) is 3.35. The molecule has 0 aliphatic heterocycles. The van der Waals surface area contributed by atoms with Crippen molar-refractivity contribution in [2.45, 2.75) is 26.2 Å². The molecule has 17 heavy (non-hydrogen) atoms. The van der Waals surface area contributed by atoms with Crippen LogP contribution in [0.1, 0.15) is 36.5 Å². The van der Waals surface area contributed by atoms with Crippen molar-refractivity contribution in [1.82, 2.24) is 5.32 Å². The van der Waals surface area contributed by atoms with E-state index >= 15 is 0 Å². The minimum absolute atomic E-state index is 0.122. The van der Waals surface area contributed by atoms with Crippen molar-refractivity contribution in [2.75, 3.05) is 6.54 Å². The fourth-order valence-electron chi connectivity index (χ4n) is 1.91. The van der Waals surface area contributed by atoms with Crippen LogP contribution in [0, 0.1) is 5.41 Å². The number of carbonyl (C=O) groups excluding carboxylic acids is 1. The highest BCUT2D eigenvalue weighted by molar-refractivity contribution is 5.97. The van der Waals surface area contributed by atoms with Gasteiger partial charge in [-0.2, -0.15) is 0 Å². The Balaban J connectivity index is 2.02. The molecule has 4 nitrogen and oxygen atoms in total. The van der Waals surface area contributed by atoms with E-state index in [2.05, 4.69) is 12.2 Å². The number of rotatable bonds is 4. The van der Waals surface area contributed by atoms with E-state index in [4.69, 9.17) is 0 Å². The van der Waals surface area contributed by atoms with Gasteiger partial charge in [-0.15, -0.1) is 0 Å². The first-order valence-corrected chi connectivity index (χ1v) is 5.87. The first kappa shape index (κ1) is 11.8. The molecule has 92 valence electrons. The van der Waals surface area contributed by atoms with E-state index in [1.54, 1.807) is 0 Å². The summed E-state index contributed by atoms with van der Waals surface area (Å²) in [6.45, 7) is 2.75. The molecule has 0 radical (unpaired) electrons. The molecule has 1 aromatic rings. The molecule has 0 aromatic heterocycles. The van der Waals surface area contributed by atoms with Crippen LogP contribution in [0.3, 0.4) is 0 Å². The quantitative estimate of drug-likeness (QED) is 0.699. The first-order chi connectivity index (χ1) is 8.08. The van der Waals surface area contributed by atoms with Crippen molar-refractivity contribution in [1.29, 1.82) is 0 Å². The Morgan fingerprint density at radius 3 is 2.71 bits per heavy atom. The van der Waals surface area contributed by atoms with Crippen LogP contribution in [0.2, 0.25) is 0 Å². The third-order valence-electron chi connectivity index (χ3n) is 3.59. The molecular weight excluding hydrogens is 218 g/mol. The van der Waals surface area contributed by atoms with Crippen LogP contribution in [0.4, 0.5) is 0 Å². The van der Waals surface area contributed by atoms with Crippen molar-refractivity contribution >= 4 is 5.91 Å². The largest absolute Gasteiger partial charge is 0.504 e. The van der Waals surface area contributed by atoms with E-state index in [-0.39, 0.29) is 28.4 Å². The number of phenolic OH excluding ortho intramolecular Hbond substituents is 2. The van der Waals surface area contributed by atoms with Gasteiger partial charge >= 0.3 is 0 Å². The molecule has 2 rings (SSSR count). The van der Waals surface area contributed by atoms with Gasteiger partial charge < -0.3 is 15.5 Å². The normalized spacial score (nSPS) is 16.5. The lowest BCUT2D eigenvalue weighted by Crippen LogP contribution is -2.29. The number of nitrogens with one attached hydrogen (secondary N) is 1. The summed E-state index contributed by atoms with van der Waals surface area (Å²) in [4.78, 5) is 11.8. The van der Waals surface area contributed by atoms with Crippen molar-refractivity contribution < 1.29 is 15.0 Å². The monoisotopic (exact) mass is 235 g/mol. The minimum Gasteiger partial charge on any atom is -0.504 e. The van der Waals surface area contributed by atoms with E-state index in [1.165, 1.54) is 18.2 Å². The fourth-order valence-corrected chi connectivity index (χ4v) is 1.91. The van der Waals surface area contributed by atoms with Gasteiger partial charge in [0, 0.05) is 6.54 Å². The molecule has 1 fully saturated rings. The summed E-state index contributed by atoms with van der Waals surface area (Å²) >= 11 is 0. The zero-order chi connectivity index (χ0) is 12.5. The average Bonchev–Trinajstić information content (AvgIpc) is 3.10. The minimum atomic E-state index is -0.355. The van der Waals surface area contributed by atoms with Crippen LogP contribution in [-0.4, -0.2) is 22.7 Å². The maximum Gasteiger partial charge on any atom is 0.255 e. The van der Waals surface area contributed by atoms with Crippen molar-refractivity contribution in [2.24, 2.45) is 5.41 Å². The molecule has 4 heteroatoms. The van der Waals surface area contributed by atoms with Crippen molar-refractivity contribution in [3.63, 3.8) is 0 Å². The highest BCUT2D eigenvalue weighted by Crippen LogP contribution is 2.47. The molecule has 1 saturated carbocycles. The first-order valence-electron chi connectivity index (χ1n) is 5.87. The summed E-state index contributed by atoms with van der Waals surface area (Å²) in [5, 5.41) is 21.7. The highest BCUT2D eigenvalue weighted by Gasteiger charge is 2.40. The van der Waals surface area contributed by atoms with Crippen molar-refractivity contribution in [3.05, 3.63) is 23.8 Å². The molecule has 0 spiro atoms. The summed E-state index contributed by atoms with van der Waals surface area (Å²) in [6, 6.07) is 4.38. The van der Waals surface area contributed by atoms with E-state index in [0.29, 0.717) is 6.54 Å². The third-order valence-corrected chi connectivity index (χ3v) is 3.59. The van der Waals surface area contributed by atoms with E-state index in [1.807, 2.05) is 0 Å². The molecular formula is C13H17NO3. The molecule has 0 saturated heterocycles. The standard InChI is InChI=1S/C13H17NO3/c1-2-13(6-7-13)8-14-12(17)9-4-3-5-10(15)11(9)16/h3-5,15-16H,2,6-8H2,1H3,(H,14,17). The molecule has 0 atom stereocenters. The second-order valence-corrected chi connectivity index (χ2v) is 4.71. The number of hydrogen-bond donors (Lipinski definition) is 3. The van der Waals surface area contributed by atoms with Crippen LogP contribution in [0.5, 0.6) is 11.5 Å². The molecule has 3 N–H and O–H groups in total. The Bertz CT molecular complexity index is 438. The third kappa shape index (κ3) is 2.35. The highest BCUT2D eigenvalue weighted by atomic mass is 16.3. The Labute approximate surface area is 100 Å². The Morgan fingerprint density at radius 2 is 2.12 bits per heavy atom. The zero-order valence-electron chi connectivity index (χ0n) is 9.86. The predicted molar refractivity (Wildman–Crippen MR) is 64.1 cm³/mol. The van der Waals surface area contributed by atoms with Crippen LogP contribution in [0.15, 0.2) is 18.2 Å². The topological polar surface area (TPSA) is 69.6 Å². The van der Waals surface area contributed by atoms with E-state index in [9.17, 15) is 15.0 Å². The maximum atomic E-state index is 11.8. The van der Waals surface area contributed by atoms with Gasteiger partial charge in [-0.1, -0.05) is 13.0 Å². The van der Waals surface area contributed by atoms with Crippen LogP contribution < -0.4 is 5.32 Å². The number of carbonyl (C=O) groups is 1.